The van der Waals surface area contributed by atoms with Gasteiger partial charge in [-0.2, -0.15) is 0 Å². The van der Waals surface area contributed by atoms with Gasteiger partial charge in [-0.1, -0.05) is 30.3 Å². The molecule has 2 aromatic carbocycles. The third kappa shape index (κ3) is 2.47. The lowest BCUT2D eigenvalue weighted by molar-refractivity contribution is 0.381. The van der Waals surface area contributed by atoms with Crippen LogP contribution in [0.15, 0.2) is 35.3 Å². The molecule has 0 aromatic heterocycles. The third-order valence-electron chi connectivity index (χ3n) is 2.33. The van der Waals surface area contributed by atoms with E-state index in [2.05, 4.69) is 4.99 Å². The number of hydrogen-bond donors (Lipinski definition) is 0. The number of benzene rings is 2. The minimum Gasteiger partial charge on any atom is -0.250 e. The summed E-state index contributed by atoms with van der Waals surface area (Å²) in [7, 11) is 0. The molecule has 0 bridgehead atoms. The van der Waals surface area contributed by atoms with Crippen LogP contribution in [0.1, 0.15) is 5.56 Å². The maximum atomic E-state index is 13.3. The van der Waals surface area contributed by atoms with Crippen molar-refractivity contribution < 1.29 is 22.0 Å². The molecule has 0 aliphatic heterocycles. The highest BCUT2D eigenvalue weighted by Crippen LogP contribution is 2.29. The first kappa shape index (κ1) is 13.2. The Balaban J connectivity index is 2.50. The maximum Gasteiger partial charge on any atom is 0.200 e. The molecular formula is C13H6F5N. The van der Waals surface area contributed by atoms with Crippen LogP contribution in [-0.2, 0) is 0 Å². The number of aliphatic imine (C=N–C) groups is 1. The Kier molecular flexibility index (Phi) is 3.59. The molecule has 0 heterocycles. The fraction of sp³-hybridized carbons (Fsp3) is 0. The molecule has 0 aliphatic rings. The van der Waals surface area contributed by atoms with Crippen molar-refractivity contribution in [2.45, 2.75) is 0 Å². The second-order valence-electron chi connectivity index (χ2n) is 3.59. The number of nitrogens with zero attached hydrogens (tertiary/aromatic N) is 1. The summed E-state index contributed by atoms with van der Waals surface area (Å²) in [5.74, 6) is -10.1. The van der Waals surface area contributed by atoms with Gasteiger partial charge < -0.3 is 0 Å². The molecule has 0 atom stereocenters. The van der Waals surface area contributed by atoms with Crippen LogP contribution >= 0.6 is 0 Å². The van der Waals surface area contributed by atoms with Crippen LogP contribution in [0, 0.1) is 29.1 Å². The van der Waals surface area contributed by atoms with E-state index in [1.807, 2.05) is 0 Å². The normalized spacial score (nSPS) is 11.2. The van der Waals surface area contributed by atoms with E-state index in [4.69, 9.17) is 0 Å². The molecule has 2 rings (SSSR count). The molecule has 19 heavy (non-hydrogen) atoms. The van der Waals surface area contributed by atoms with Crippen molar-refractivity contribution in [1.82, 2.24) is 0 Å². The first-order valence-corrected chi connectivity index (χ1v) is 5.13. The summed E-state index contributed by atoms with van der Waals surface area (Å²) in [5, 5.41) is 0. The van der Waals surface area contributed by atoms with Gasteiger partial charge in [-0.25, -0.2) is 26.9 Å². The molecule has 0 aliphatic carbocycles. The molecule has 0 N–H and O–H groups in total. The van der Waals surface area contributed by atoms with Gasteiger partial charge in [0.25, 0.3) is 0 Å². The summed E-state index contributed by atoms with van der Waals surface area (Å²) in [5.41, 5.74) is -0.744. The average molecular weight is 271 g/mol. The van der Waals surface area contributed by atoms with Gasteiger partial charge >= 0.3 is 0 Å². The first-order valence-electron chi connectivity index (χ1n) is 5.13. The van der Waals surface area contributed by atoms with Crippen molar-refractivity contribution in [2.24, 2.45) is 4.99 Å². The quantitative estimate of drug-likeness (QED) is 0.337. The van der Waals surface area contributed by atoms with Gasteiger partial charge in [0.1, 0.15) is 5.69 Å². The van der Waals surface area contributed by atoms with E-state index in [1.54, 1.807) is 30.3 Å². The standard InChI is InChI=1S/C13H6F5N/c14-8-9(15)11(17)13(12(18)10(8)16)19-6-7-4-2-1-3-5-7/h1-6H. The van der Waals surface area contributed by atoms with E-state index < -0.39 is 34.8 Å². The van der Waals surface area contributed by atoms with E-state index in [1.165, 1.54) is 0 Å². The lowest BCUT2D eigenvalue weighted by Crippen LogP contribution is -2.00. The summed E-state index contributed by atoms with van der Waals surface area (Å²) >= 11 is 0. The summed E-state index contributed by atoms with van der Waals surface area (Å²) in [6.07, 6.45) is 1.01. The Hall–Kier alpha value is -2.24. The molecule has 0 fully saturated rings. The first-order chi connectivity index (χ1) is 9.02. The van der Waals surface area contributed by atoms with Gasteiger partial charge in [-0.3, -0.25) is 0 Å². The highest BCUT2D eigenvalue weighted by molar-refractivity contribution is 5.81. The van der Waals surface area contributed by atoms with E-state index >= 15 is 0 Å². The SMILES string of the molecule is Fc1c(F)c(F)c(N=Cc2ccccc2)c(F)c1F. The maximum absolute atomic E-state index is 13.3. The number of rotatable bonds is 2. The molecule has 0 unspecified atom stereocenters. The fourth-order valence-electron chi connectivity index (χ4n) is 1.38. The van der Waals surface area contributed by atoms with Crippen molar-refractivity contribution in [3.63, 3.8) is 0 Å². The molecule has 0 spiro atoms. The smallest absolute Gasteiger partial charge is 0.200 e. The van der Waals surface area contributed by atoms with Crippen LogP contribution in [0.2, 0.25) is 0 Å². The zero-order valence-corrected chi connectivity index (χ0v) is 9.30. The highest BCUT2D eigenvalue weighted by Gasteiger charge is 2.25. The Morgan fingerprint density at radius 3 is 1.68 bits per heavy atom. The lowest BCUT2D eigenvalue weighted by Gasteiger charge is -2.03. The van der Waals surface area contributed by atoms with Crippen LogP contribution in [0.5, 0.6) is 0 Å². The molecule has 1 nitrogen and oxygen atoms in total. The second-order valence-corrected chi connectivity index (χ2v) is 3.59. The summed E-state index contributed by atoms with van der Waals surface area (Å²) in [4.78, 5) is 3.32. The molecule has 98 valence electrons. The predicted molar refractivity (Wildman–Crippen MR) is 59.9 cm³/mol. The van der Waals surface area contributed by atoms with Gasteiger partial charge in [0, 0.05) is 6.21 Å². The van der Waals surface area contributed by atoms with E-state index in [0.29, 0.717) is 5.56 Å². The van der Waals surface area contributed by atoms with Crippen LogP contribution in [0.4, 0.5) is 27.6 Å². The predicted octanol–water partition coefficient (Wildman–Crippen LogP) is 4.13. The zero-order chi connectivity index (χ0) is 14.0. The van der Waals surface area contributed by atoms with Crippen molar-refractivity contribution in [3.8, 4) is 0 Å². The van der Waals surface area contributed by atoms with Gasteiger partial charge in [0.05, 0.1) is 0 Å². The summed E-state index contributed by atoms with van der Waals surface area (Å²) in [6, 6.07) is 8.11. The van der Waals surface area contributed by atoms with Crippen molar-refractivity contribution in [3.05, 3.63) is 65.0 Å². The van der Waals surface area contributed by atoms with Crippen LogP contribution in [-0.4, -0.2) is 6.21 Å². The topological polar surface area (TPSA) is 12.4 Å². The van der Waals surface area contributed by atoms with Crippen LogP contribution in [0.25, 0.3) is 0 Å². The third-order valence-corrected chi connectivity index (χ3v) is 2.33. The van der Waals surface area contributed by atoms with Crippen LogP contribution < -0.4 is 0 Å². The van der Waals surface area contributed by atoms with Crippen molar-refractivity contribution in [2.75, 3.05) is 0 Å². The van der Waals surface area contributed by atoms with Gasteiger partial charge in [0.2, 0.25) is 5.82 Å². The lowest BCUT2D eigenvalue weighted by atomic mass is 10.2. The molecule has 0 saturated heterocycles. The molecule has 0 amide bonds. The second kappa shape index (κ2) is 5.17. The van der Waals surface area contributed by atoms with E-state index in [0.717, 1.165) is 6.21 Å². The highest BCUT2D eigenvalue weighted by atomic mass is 19.2. The molecular weight excluding hydrogens is 265 g/mol. The number of hydrogen-bond acceptors (Lipinski definition) is 1. The minimum atomic E-state index is -2.20. The van der Waals surface area contributed by atoms with E-state index in [9.17, 15) is 22.0 Å². The van der Waals surface area contributed by atoms with Gasteiger partial charge in [-0.15, -0.1) is 0 Å². The number of halogens is 5. The molecule has 0 radical (unpaired) electrons. The Labute approximate surface area is 105 Å². The Bertz CT molecular complexity index is 608. The fourth-order valence-corrected chi connectivity index (χ4v) is 1.38. The van der Waals surface area contributed by atoms with Crippen LogP contribution in [0.3, 0.4) is 0 Å². The Morgan fingerprint density at radius 1 is 0.684 bits per heavy atom. The summed E-state index contributed by atoms with van der Waals surface area (Å²) in [6.45, 7) is 0. The molecule has 6 heteroatoms. The molecule has 2 aromatic rings. The van der Waals surface area contributed by atoms with Crippen molar-refractivity contribution in [1.29, 1.82) is 0 Å². The van der Waals surface area contributed by atoms with E-state index in [-0.39, 0.29) is 0 Å². The minimum absolute atomic E-state index is 0.464. The molecule has 0 saturated carbocycles. The largest absolute Gasteiger partial charge is 0.250 e. The Morgan fingerprint density at radius 2 is 1.16 bits per heavy atom. The summed E-state index contributed by atoms with van der Waals surface area (Å²) < 4.78 is 65.1. The van der Waals surface area contributed by atoms with Gasteiger partial charge in [0.15, 0.2) is 23.3 Å². The van der Waals surface area contributed by atoms with Crippen molar-refractivity contribution >= 4 is 11.9 Å². The zero-order valence-electron chi connectivity index (χ0n) is 9.30. The van der Waals surface area contributed by atoms with Gasteiger partial charge in [-0.05, 0) is 5.56 Å². The monoisotopic (exact) mass is 271 g/mol. The average Bonchev–Trinajstić information content (AvgIpc) is 2.44.